The molecule has 56 heavy (non-hydrogen) atoms. The zero-order valence-electron chi connectivity index (χ0n) is 28.9. The van der Waals surface area contributed by atoms with Crippen LogP contribution in [0.1, 0.15) is 0 Å². The lowest BCUT2D eigenvalue weighted by atomic mass is 10.1. The van der Waals surface area contributed by atoms with Crippen LogP contribution in [0.5, 0.6) is 5.75 Å². The first-order chi connectivity index (χ1) is 27.4. The summed E-state index contributed by atoms with van der Waals surface area (Å²) in [5.74, 6) is 2.15. The highest BCUT2D eigenvalue weighted by Crippen LogP contribution is 2.37. The van der Waals surface area contributed by atoms with E-state index >= 15 is 0 Å². The van der Waals surface area contributed by atoms with Gasteiger partial charge >= 0.3 is 7.69 Å². The molecule has 1 N–H and O–H groups in total. The molecule has 4 heterocycles. The van der Waals surface area contributed by atoms with Crippen LogP contribution in [0.3, 0.4) is 0 Å². The number of benzene rings is 6. The van der Waals surface area contributed by atoms with Crippen molar-refractivity contribution in [2.45, 2.75) is 0 Å². The molecule has 10 aromatic rings. The summed E-state index contributed by atoms with van der Waals surface area (Å²) in [6.07, 6.45) is 0. The number of furan rings is 2. The van der Waals surface area contributed by atoms with Gasteiger partial charge in [0.15, 0.2) is 17.5 Å². The molecule has 0 fully saturated rings. The van der Waals surface area contributed by atoms with Crippen LogP contribution >= 0.6 is 34.8 Å². The summed E-state index contributed by atoms with van der Waals surface area (Å²) < 4.78 is 16.7. The van der Waals surface area contributed by atoms with Crippen molar-refractivity contribution in [2.24, 2.45) is 0 Å². The van der Waals surface area contributed by atoms with Crippen molar-refractivity contribution in [1.82, 2.24) is 29.9 Å². The number of aromatic nitrogens is 6. The van der Waals surface area contributed by atoms with E-state index in [1.165, 1.54) is 0 Å². The predicted molar refractivity (Wildman–Crippen MR) is 221 cm³/mol. The molecule has 0 saturated heterocycles. The van der Waals surface area contributed by atoms with Gasteiger partial charge < -0.3 is 18.5 Å². The summed E-state index contributed by atoms with van der Waals surface area (Å²) in [6, 6.07) is 46.2. The van der Waals surface area contributed by atoms with E-state index in [2.05, 4.69) is 29.9 Å². The first kappa shape index (κ1) is 36.6. The van der Waals surface area contributed by atoms with Crippen LogP contribution in [0, 0.1) is 0 Å². The van der Waals surface area contributed by atoms with E-state index in [1.807, 2.05) is 140 Å². The molecular formula is C42H25BCl3N6O4. The normalized spacial score (nSPS) is 10.9. The van der Waals surface area contributed by atoms with Crippen LogP contribution < -0.4 is 4.65 Å². The van der Waals surface area contributed by atoms with E-state index in [0.717, 1.165) is 60.6 Å². The van der Waals surface area contributed by atoms with Gasteiger partial charge in [-0.05, 0) is 65.1 Å². The summed E-state index contributed by atoms with van der Waals surface area (Å²) in [5.41, 5.74) is 5.81. The largest absolute Gasteiger partial charge is 0.569 e. The van der Waals surface area contributed by atoms with Gasteiger partial charge in [-0.15, -0.1) is 0 Å². The Morgan fingerprint density at radius 3 is 1.46 bits per heavy atom. The quantitative estimate of drug-likeness (QED) is 0.168. The third kappa shape index (κ3) is 7.88. The van der Waals surface area contributed by atoms with Gasteiger partial charge in [0.1, 0.15) is 28.1 Å². The van der Waals surface area contributed by atoms with Crippen molar-refractivity contribution >= 4 is 86.4 Å². The average Bonchev–Trinajstić information content (AvgIpc) is 3.81. The second-order valence-electron chi connectivity index (χ2n) is 11.9. The Bertz CT molecular complexity index is 2930. The number of hydrogen-bond acceptors (Lipinski definition) is 10. The fourth-order valence-corrected chi connectivity index (χ4v) is 6.61. The van der Waals surface area contributed by atoms with E-state index in [9.17, 15) is 0 Å². The average molecular weight is 795 g/mol. The topological polar surface area (TPSA) is 133 Å². The van der Waals surface area contributed by atoms with Crippen LogP contribution in [0.15, 0.2) is 154 Å². The first-order valence-corrected chi connectivity index (χ1v) is 18.1. The van der Waals surface area contributed by atoms with Gasteiger partial charge in [-0.3, -0.25) is 0 Å². The summed E-state index contributed by atoms with van der Waals surface area (Å²) in [4.78, 5) is 24.9. The lowest BCUT2D eigenvalue weighted by Crippen LogP contribution is -1.99. The van der Waals surface area contributed by atoms with E-state index < -0.39 is 0 Å². The van der Waals surface area contributed by atoms with Crippen LogP contribution in [0.25, 0.3) is 78.0 Å². The second-order valence-corrected chi connectivity index (χ2v) is 12.9. The Balaban J connectivity index is 0.000000126. The van der Waals surface area contributed by atoms with Crippen LogP contribution in [0.2, 0.25) is 15.9 Å². The van der Waals surface area contributed by atoms with Crippen LogP contribution in [-0.2, 0) is 0 Å². The van der Waals surface area contributed by atoms with Crippen LogP contribution in [0.4, 0.5) is 0 Å². The molecule has 0 aliphatic heterocycles. The molecule has 0 aliphatic carbocycles. The summed E-state index contributed by atoms with van der Waals surface area (Å²) in [7, 11) is 0.677. The van der Waals surface area contributed by atoms with Crippen molar-refractivity contribution in [3.05, 3.63) is 161 Å². The molecule has 0 bridgehead atoms. The summed E-state index contributed by atoms with van der Waals surface area (Å²) in [6.45, 7) is 0. The minimum atomic E-state index is 0.101. The molecule has 0 atom stereocenters. The molecule has 10 rings (SSSR count). The molecule has 6 aromatic carbocycles. The Hall–Kier alpha value is -6.37. The minimum absolute atomic E-state index is 0.101. The van der Waals surface area contributed by atoms with Crippen LogP contribution in [-0.4, -0.2) is 42.6 Å². The van der Waals surface area contributed by atoms with E-state index in [0.29, 0.717) is 30.9 Å². The fraction of sp³-hybridized carbons (Fsp3) is 0. The zero-order chi connectivity index (χ0) is 38.4. The Morgan fingerprint density at radius 2 is 0.875 bits per heavy atom. The molecule has 271 valence electrons. The van der Waals surface area contributed by atoms with Gasteiger partial charge in [0.05, 0.1) is 5.39 Å². The number of fused-ring (bicyclic) bond motifs is 6. The van der Waals surface area contributed by atoms with Gasteiger partial charge in [0.2, 0.25) is 15.9 Å². The third-order valence-electron chi connectivity index (χ3n) is 8.44. The molecule has 4 aromatic heterocycles. The molecule has 14 heteroatoms. The van der Waals surface area contributed by atoms with E-state index in [-0.39, 0.29) is 15.9 Å². The monoisotopic (exact) mass is 793 g/mol. The number of hydrogen-bond donors (Lipinski definition) is 1. The smallest absolute Gasteiger partial charge is 0.537 e. The number of rotatable bonds is 5. The fourth-order valence-electron chi connectivity index (χ4n) is 6.09. The predicted octanol–water partition coefficient (Wildman–Crippen LogP) is 11.1. The maximum atomic E-state index is 8.71. The van der Waals surface area contributed by atoms with E-state index in [1.54, 1.807) is 6.07 Å². The molecule has 1 radical (unpaired) electrons. The highest BCUT2D eigenvalue weighted by molar-refractivity contribution is 6.31. The highest BCUT2D eigenvalue weighted by atomic mass is 35.5. The van der Waals surface area contributed by atoms with Gasteiger partial charge in [-0.2, -0.15) is 24.9 Å². The van der Waals surface area contributed by atoms with Gasteiger partial charge in [-0.1, -0.05) is 115 Å². The standard InChI is InChI=1S/C21H12ClN3O.C12H8BO3.C9H5Cl2N3/c22-21-24-19(13-7-2-1-3-8-13)23-20(25-21)15-10-6-12-17-18(15)14-9-4-5-11-16(14)26-17;14-13-16-11-7-3-6-10-12(11)8-4-1-2-5-9(8)15-10;10-8-12-7(13-9(11)14-8)6-4-2-1-3-5-6/h1-12H;1-7,14H;1-5H. The maximum absolute atomic E-state index is 8.71. The highest BCUT2D eigenvalue weighted by Gasteiger charge is 2.16. The maximum Gasteiger partial charge on any atom is 0.569 e. The van der Waals surface area contributed by atoms with Crippen molar-refractivity contribution in [2.75, 3.05) is 0 Å². The molecular weight excluding hydrogens is 770 g/mol. The van der Waals surface area contributed by atoms with E-state index in [4.69, 9.17) is 53.3 Å². The Morgan fingerprint density at radius 1 is 0.429 bits per heavy atom. The molecule has 0 amide bonds. The minimum Gasteiger partial charge on any atom is -0.537 e. The summed E-state index contributed by atoms with van der Waals surface area (Å²) in [5, 5.41) is 12.9. The first-order valence-electron chi connectivity index (χ1n) is 17.0. The second kappa shape index (κ2) is 16.6. The zero-order valence-corrected chi connectivity index (χ0v) is 31.2. The lowest BCUT2D eigenvalue weighted by molar-refractivity contribution is 0.456. The number of para-hydroxylation sites is 2. The van der Waals surface area contributed by atoms with Gasteiger partial charge in [-0.25, -0.2) is 4.98 Å². The number of nitrogens with zero attached hydrogens (tertiary/aromatic N) is 6. The molecule has 0 unspecified atom stereocenters. The number of halogens is 3. The Kier molecular flexibility index (Phi) is 10.8. The van der Waals surface area contributed by atoms with Crippen molar-refractivity contribution < 1.29 is 18.5 Å². The third-order valence-corrected chi connectivity index (χ3v) is 8.95. The van der Waals surface area contributed by atoms with Gasteiger partial charge in [0, 0.05) is 32.8 Å². The molecule has 0 saturated carbocycles. The molecule has 0 spiro atoms. The lowest BCUT2D eigenvalue weighted by Gasteiger charge is -2.06. The molecule has 10 nitrogen and oxygen atoms in total. The SMILES string of the molecule is Clc1nc(-c2ccccc2)nc(-c2cccc3oc4ccccc4c23)n1.Clc1nc(Cl)nc(-c2ccccc2)n1.O[B]Oc1cccc2oc3ccccc3c12. The van der Waals surface area contributed by atoms with Crippen molar-refractivity contribution in [3.8, 4) is 39.9 Å². The van der Waals surface area contributed by atoms with Gasteiger partial charge in [0.25, 0.3) is 0 Å². The Labute approximate surface area is 334 Å². The van der Waals surface area contributed by atoms with Crippen molar-refractivity contribution in [1.29, 1.82) is 0 Å². The molecule has 0 aliphatic rings. The summed E-state index contributed by atoms with van der Waals surface area (Å²) >= 11 is 17.5. The van der Waals surface area contributed by atoms with Crippen molar-refractivity contribution in [3.63, 3.8) is 0 Å².